The van der Waals surface area contributed by atoms with Gasteiger partial charge in [-0.3, -0.25) is 19.5 Å². The SMILES string of the molecule is N#CCC(=O)n1[nH]c(=O)c2ccccc2c1=O. The number of hydrogen-bond acceptors (Lipinski definition) is 4. The van der Waals surface area contributed by atoms with E-state index in [1.165, 1.54) is 12.1 Å². The summed E-state index contributed by atoms with van der Waals surface area (Å²) in [4.78, 5) is 34.9. The van der Waals surface area contributed by atoms with Crippen molar-refractivity contribution in [2.75, 3.05) is 0 Å². The molecule has 0 aliphatic rings. The lowest BCUT2D eigenvalue weighted by Gasteiger charge is -2.02. The zero-order valence-electron chi connectivity index (χ0n) is 8.64. The van der Waals surface area contributed by atoms with Crippen molar-refractivity contribution in [2.24, 2.45) is 0 Å². The molecule has 0 aliphatic heterocycles. The molecule has 2 rings (SSSR count). The largest absolute Gasteiger partial charge is 0.280 e. The fourth-order valence-electron chi connectivity index (χ4n) is 1.52. The topological polar surface area (TPSA) is 95.7 Å². The summed E-state index contributed by atoms with van der Waals surface area (Å²) in [6.07, 6.45) is -0.464. The van der Waals surface area contributed by atoms with Gasteiger partial charge in [0.15, 0.2) is 0 Å². The predicted molar refractivity (Wildman–Crippen MR) is 59.7 cm³/mol. The van der Waals surface area contributed by atoms with Crippen LogP contribution < -0.4 is 11.1 Å². The van der Waals surface area contributed by atoms with Crippen LogP contribution in [0.2, 0.25) is 0 Å². The summed E-state index contributed by atoms with van der Waals surface area (Å²) in [7, 11) is 0. The summed E-state index contributed by atoms with van der Waals surface area (Å²) < 4.78 is 0.577. The zero-order valence-corrected chi connectivity index (χ0v) is 8.64. The number of hydrogen-bond donors (Lipinski definition) is 1. The number of fused-ring (bicyclic) bond motifs is 1. The molecule has 0 saturated carbocycles. The lowest BCUT2D eigenvalue weighted by molar-refractivity contribution is 0.0897. The van der Waals surface area contributed by atoms with Crippen molar-refractivity contribution < 1.29 is 4.79 Å². The summed E-state index contributed by atoms with van der Waals surface area (Å²) in [5, 5.41) is 10.9. The van der Waals surface area contributed by atoms with Gasteiger partial charge in [-0.15, -0.1) is 0 Å². The molecule has 1 aromatic carbocycles. The van der Waals surface area contributed by atoms with E-state index in [0.717, 1.165) is 0 Å². The van der Waals surface area contributed by atoms with Gasteiger partial charge in [0.25, 0.3) is 17.0 Å². The van der Waals surface area contributed by atoms with Gasteiger partial charge in [0.2, 0.25) is 0 Å². The van der Waals surface area contributed by atoms with Crippen molar-refractivity contribution in [1.29, 1.82) is 5.26 Å². The Kier molecular flexibility index (Phi) is 2.58. The van der Waals surface area contributed by atoms with Crippen molar-refractivity contribution in [1.82, 2.24) is 9.78 Å². The third-order valence-corrected chi connectivity index (χ3v) is 2.30. The molecule has 6 nitrogen and oxygen atoms in total. The molecular formula is C11H7N3O3. The molecule has 0 bridgehead atoms. The van der Waals surface area contributed by atoms with Gasteiger partial charge in [-0.1, -0.05) is 12.1 Å². The summed E-state index contributed by atoms with van der Waals surface area (Å²) in [6, 6.07) is 7.81. The van der Waals surface area contributed by atoms with E-state index < -0.39 is 23.4 Å². The van der Waals surface area contributed by atoms with Gasteiger partial charge < -0.3 is 0 Å². The Morgan fingerprint density at radius 1 is 1.29 bits per heavy atom. The molecule has 0 unspecified atom stereocenters. The summed E-state index contributed by atoms with van der Waals surface area (Å²) >= 11 is 0. The Morgan fingerprint density at radius 2 is 1.94 bits per heavy atom. The van der Waals surface area contributed by atoms with Crippen LogP contribution in [0.5, 0.6) is 0 Å². The fourth-order valence-corrected chi connectivity index (χ4v) is 1.52. The highest BCUT2D eigenvalue weighted by atomic mass is 16.2. The Morgan fingerprint density at radius 3 is 2.59 bits per heavy atom. The van der Waals surface area contributed by atoms with E-state index in [-0.39, 0.29) is 10.8 Å². The monoisotopic (exact) mass is 229 g/mol. The molecule has 0 fully saturated rings. The number of carbonyl (C=O) groups excluding carboxylic acids is 1. The molecule has 2 aromatic rings. The molecule has 6 heteroatoms. The summed E-state index contributed by atoms with van der Waals surface area (Å²) in [6.45, 7) is 0. The van der Waals surface area contributed by atoms with Crippen molar-refractivity contribution in [3.63, 3.8) is 0 Å². The molecule has 0 amide bonds. The van der Waals surface area contributed by atoms with Crippen LogP contribution in [0.15, 0.2) is 33.9 Å². The number of aromatic amines is 1. The average molecular weight is 229 g/mol. The Bertz CT molecular complexity index is 749. The van der Waals surface area contributed by atoms with Gasteiger partial charge >= 0.3 is 0 Å². The predicted octanol–water partition coefficient (Wildman–Crippen LogP) is 0.244. The van der Waals surface area contributed by atoms with Gasteiger partial charge in [0, 0.05) is 0 Å². The van der Waals surface area contributed by atoms with Gasteiger partial charge in [0.1, 0.15) is 6.42 Å². The molecule has 1 aromatic heterocycles. The van der Waals surface area contributed by atoms with E-state index in [0.29, 0.717) is 4.68 Å². The number of benzene rings is 1. The second-order valence-electron chi connectivity index (χ2n) is 3.36. The van der Waals surface area contributed by atoms with E-state index in [9.17, 15) is 14.4 Å². The van der Waals surface area contributed by atoms with Crippen molar-refractivity contribution in [3.05, 3.63) is 45.0 Å². The van der Waals surface area contributed by atoms with Crippen molar-refractivity contribution >= 4 is 16.7 Å². The smallest absolute Gasteiger partial charge is 0.271 e. The fraction of sp³-hybridized carbons (Fsp3) is 0.0909. The molecule has 0 atom stereocenters. The molecule has 0 saturated heterocycles. The third kappa shape index (κ3) is 1.74. The van der Waals surface area contributed by atoms with Crippen LogP contribution in [0.25, 0.3) is 10.8 Å². The van der Waals surface area contributed by atoms with Crippen LogP contribution in [0.1, 0.15) is 11.2 Å². The highest BCUT2D eigenvalue weighted by Crippen LogP contribution is 2.02. The van der Waals surface area contributed by atoms with Crippen molar-refractivity contribution in [2.45, 2.75) is 6.42 Å². The second-order valence-corrected chi connectivity index (χ2v) is 3.36. The Labute approximate surface area is 94.7 Å². The standard InChI is InChI=1S/C11H7N3O3/c12-6-5-9(15)14-11(17)8-4-2-1-3-7(8)10(16)13-14/h1-4H,5H2,(H,13,16). The molecule has 17 heavy (non-hydrogen) atoms. The maximum Gasteiger partial charge on any atom is 0.280 e. The normalized spacial score (nSPS) is 10.1. The number of H-pyrrole nitrogens is 1. The minimum absolute atomic E-state index is 0.155. The molecular weight excluding hydrogens is 222 g/mol. The highest BCUT2D eigenvalue weighted by Gasteiger charge is 2.11. The first-order valence-corrected chi connectivity index (χ1v) is 4.79. The first-order chi connectivity index (χ1) is 8.15. The molecule has 1 N–H and O–H groups in total. The minimum Gasteiger partial charge on any atom is -0.271 e. The van der Waals surface area contributed by atoms with Crippen LogP contribution in [-0.2, 0) is 0 Å². The van der Waals surface area contributed by atoms with Crippen LogP contribution in [0.4, 0.5) is 0 Å². The van der Waals surface area contributed by atoms with E-state index in [1.54, 1.807) is 18.2 Å². The molecule has 0 radical (unpaired) electrons. The van der Waals surface area contributed by atoms with E-state index in [1.807, 2.05) is 0 Å². The lowest BCUT2D eigenvalue weighted by atomic mass is 10.2. The zero-order chi connectivity index (χ0) is 12.4. The minimum atomic E-state index is -0.750. The first kappa shape index (κ1) is 10.8. The van der Waals surface area contributed by atoms with Gasteiger partial charge in [-0.25, -0.2) is 0 Å². The van der Waals surface area contributed by atoms with Gasteiger partial charge in [0.05, 0.1) is 16.8 Å². The number of rotatable bonds is 1. The molecule has 0 aliphatic carbocycles. The summed E-state index contributed by atoms with van der Waals surface area (Å²) in [5.41, 5.74) is -1.16. The number of aromatic nitrogens is 2. The Balaban J connectivity index is 2.82. The highest BCUT2D eigenvalue weighted by molar-refractivity contribution is 5.85. The number of nitriles is 1. The second kappa shape index (κ2) is 4.06. The maximum atomic E-state index is 11.9. The average Bonchev–Trinajstić information content (AvgIpc) is 2.34. The van der Waals surface area contributed by atoms with Crippen LogP contribution in [0, 0.1) is 11.3 Å². The molecule has 0 spiro atoms. The quantitative estimate of drug-likeness (QED) is 0.757. The Hall–Kier alpha value is -2.68. The van der Waals surface area contributed by atoms with Crippen LogP contribution in [0.3, 0.4) is 0 Å². The lowest BCUT2D eigenvalue weighted by Crippen LogP contribution is -2.34. The first-order valence-electron chi connectivity index (χ1n) is 4.79. The molecule has 1 heterocycles. The van der Waals surface area contributed by atoms with E-state index in [2.05, 4.69) is 5.10 Å². The number of nitrogens with one attached hydrogen (secondary N) is 1. The number of nitrogens with zero attached hydrogens (tertiary/aromatic N) is 2. The van der Waals surface area contributed by atoms with Crippen molar-refractivity contribution in [3.8, 4) is 6.07 Å². The maximum absolute atomic E-state index is 11.9. The molecule has 84 valence electrons. The third-order valence-electron chi connectivity index (χ3n) is 2.30. The van der Waals surface area contributed by atoms with E-state index >= 15 is 0 Å². The summed E-state index contributed by atoms with van der Waals surface area (Å²) in [5.74, 6) is -0.750. The van der Waals surface area contributed by atoms with E-state index in [4.69, 9.17) is 5.26 Å². The number of carbonyl (C=O) groups is 1. The van der Waals surface area contributed by atoms with Crippen LogP contribution >= 0.6 is 0 Å². The van der Waals surface area contributed by atoms with Gasteiger partial charge in [-0.2, -0.15) is 9.94 Å². The van der Waals surface area contributed by atoms with Gasteiger partial charge in [-0.05, 0) is 12.1 Å². The van der Waals surface area contributed by atoms with Crippen LogP contribution in [-0.4, -0.2) is 15.7 Å².